The van der Waals surface area contributed by atoms with Gasteiger partial charge >= 0.3 is 0 Å². The van der Waals surface area contributed by atoms with Crippen LogP contribution < -0.4 is 10.6 Å². The summed E-state index contributed by atoms with van der Waals surface area (Å²) in [6, 6.07) is 45.3. The van der Waals surface area contributed by atoms with Gasteiger partial charge in [-0.2, -0.15) is 0 Å². The molecule has 33 heavy (non-hydrogen) atoms. The van der Waals surface area contributed by atoms with Crippen LogP contribution in [0.25, 0.3) is 0 Å². The topological polar surface area (TPSA) is 3.24 Å². The molecule has 2 heteroatoms. The number of hydrogen-bond acceptors (Lipinski definition) is 1. The third-order valence-electron chi connectivity index (χ3n) is 7.00. The molecule has 0 aliphatic heterocycles. The molecule has 166 valence electrons. The summed E-state index contributed by atoms with van der Waals surface area (Å²) in [6.07, 6.45) is 2.47. The molecular weight excluding hydrogens is 417 g/mol. The van der Waals surface area contributed by atoms with Crippen molar-refractivity contribution in [3.8, 4) is 0 Å². The fourth-order valence-electron chi connectivity index (χ4n) is 5.59. The Hall–Kier alpha value is -2.73. The molecule has 5 rings (SSSR count). The van der Waals surface area contributed by atoms with Crippen molar-refractivity contribution in [2.24, 2.45) is 0 Å². The van der Waals surface area contributed by atoms with Crippen molar-refractivity contribution >= 4 is 18.7 Å². The van der Waals surface area contributed by atoms with Crippen molar-refractivity contribution in [1.82, 2.24) is 4.67 Å². The van der Waals surface area contributed by atoms with Gasteiger partial charge in [0.25, 0.3) is 0 Å². The summed E-state index contributed by atoms with van der Waals surface area (Å²) in [7, 11) is -0.626. The van der Waals surface area contributed by atoms with Crippen LogP contribution in [0, 0.1) is 0 Å². The summed E-state index contributed by atoms with van der Waals surface area (Å²) >= 11 is 0. The molecule has 1 saturated carbocycles. The molecule has 0 unspecified atom stereocenters. The van der Waals surface area contributed by atoms with E-state index in [0.717, 1.165) is 6.54 Å². The highest BCUT2D eigenvalue weighted by molar-refractivity contribution is 7.70. The normalized spacial score (nSPS) is 18.8. The lowest BCUT2D eigenvalue weighted by molar-refractivity contribution is 0.311. The number of hydrogen-bond donors (Lipinski definition) is 0. The van der Waals surface area contributed by atoms with Crippen LogP contribution in [-0.2, 0) is 0 Å². The van der Waals surface area contributed by atoms with Gasteiger partial charge in [-0.1, -0.05) is 128 Å². The van der Waals surface area contributed by atoms with Crippen LogP contribution >= 0.6 is 8.07 Å². The molecule has 1 fully saturated rings. The molecule has 4 aromatic carbocycles. The second kappa shape index (κ2) is 10.5. The highest BCUT2D eigenvalue weighted by atomic mass is 31.1. The van der Waals surface area contributed by atoms with Crippen molar-refractivity contribution in [2.75, 3.05) is 6.54 Å². The molecule has 0 saturated heterocycles. The van der Waals surface area contributed by atoms with Crippen molar-refractivity contribution in [3.63, 3.8) is 0 Å². The smallest absolute Gasteiger partial charge is 0.0284 e. The molecule has 0 amide bonds. The predicted octanol–water partition coefficient (Wildman–Crippen LogP) is 7.09. The average molecular weight is 450 g/mol. The molecule has 1 nitrogen and oxygen atoms in total. The summed E-state index contributed by atoms with van der Waals surface area (Å²) in [6.45, 7) is 3.39. The predicted molar refractivity (Wildman–Crippen MR) is 143 cm³/mol. The van der Waals surface area contributed by atoms with Gasteiger partial charge in [-0.15, -0.1) is 0 Å². The maximum atomic E-state index is 2.85. The quantitative estimate of drug-likeness (QED) is 0.272. The monoisotopic (exact) mass is 449 g/mol. The van der Waals surface area contributed by atoms with E-state index < -0.39 is 8.07 Å². The van der Waals surface area contributed by atoms with E-state index in [1.165, 1.54) is 34.6 Å². The lowest BCUT2D eigenvalue weighted by Gasteiger charge is -2.42. The molecule has 2 atom stereocenters. The first-order chi connectivity index (χ1) is 16.4. The van der Waals surface area contributed by atoms with Gasteiger partial charge in [0.2, 0.25) is 0 Å². The summed E-state index contributed by atoms with van der Waals surface area (Å²) in [5.41, 5.74) is 2.96. The van der Waals surface area contributed by atoms with Crippen LogP contribution in [0.3, 0.4) is 0 Å². The first-order valence-electron chi connectivity index (χ1n) is 12.1. The molecule has 0 aromatic heterocycles. The van der Waals surface area contributed by atoms with Crippen LogP contribution in [0.2, 0.25) is 0 Å². The van der Waals surface area contributed by atoms with Crippen molar-refractivity contribution in [1.29, 1.82) is 0 Å². The largest absolute Gasteiger partial charge is 0.271 e. The van der Waals surface area contributed by atoms with Gasteiger partial charge in [-0.3, -0.25) is 4.67 Å². The van der Waals surface area contributed by atoms with Crippen molar-refractivity contribution < 1.29 is 0 Å². The third kappa shape index (κ3) is 4.67. The van der Waals surface area contributed by atoms with Crippen LogP contribution in [0.5, 0.6) is 0 Å². The summed E-state index contributed by atoms with van der Waals surface area (Å²) < 4.78 is 2.85. The van der Waals surface area contributed by atoms with Gasteiger partial charge < -0.3 is 0 Å². The Balaban J connectivity index is 1.63. The Labute approximate surface area is 199 Å². The van der Waals surface area contributed by atoms with E-state index >= 15 is 0 Å². The Bertz CT molecular complexity index is 1030. The van der Waals surface area contributed by atoms with E-state index in [2.05, 4.69) is 133 Å². The second-order valence-corrected chi connectivity index (χ2v) is 11.0. The SMILES string of the molecule is CCN(C1[C@@H](c2ccccc2)CC[C@@H]1c1ccccc1)P(c1ccccc1)c1ccccc1. The Morgan fingerprint density at radius 1 is 0.576 bits per heavy atom. The zero-order chi connectivity index (χ0) is 22.5. The molecule has 4 aromatic rings. The minimum absolute atomic E-state index is 0.464. The zero-order valence-corrected chi connectivity index (χ0v) is 20.2. The van der Waals surface area contributed by atoms with E-state index in [4.69, 9.17) is 0 Å². The van der Waals surface area contributed by atoms with Gasteiger partial charge in [-0.25, -0.2) is 0 Å². The van der Waals surface area contributed by atoms with E-state index in [0.29, 0.717) is 17.9 Å². The molecule has 0 spiro atoms. The van der Waals surface area contributed by atoms with Gasteiger partial charge in [0.15, 0.2) is 0 Å². The van der Waals surface area contributed by atoms with Crippen LogP contribution in [0.1, 0.15) is 42.7 Å². The van der Waals surface area contributed by atoms with Gasteiger partial charge in [-0.05, 0) is 34.6 Å². The Morgan fingerprint density at radius 3 is 1.30 bits per heavy atom. The molecule has 0 heterocycles. The molecule has 1 aliphatic rings. The van der Waals surface area contributed by atoms with Gasteiger partial charge in [0, 0.05) is 32.5 Å². The fourth-order valence-corrected chi connectivity index (χ4v) is 8.27. The van der Waals surface area contributed by atoms with Gasteiger partial charge in [0.05, 0.1) is 0 Å². The minimum atomic E-state index is -0.626. The summed E-state index contributed by atoms with van der Waals surface area (Å²) in [5, 5.41) is 2.87. The molecule has 0 radical (unpaired) electrons. The standard InChI is InChI=1S/C31H32NP/c1-2-32(33(27-19-11-5-12-20-27)28-21-13-6-14-22-28)31-29(25-15-7-3-8-16-25)23-24-30(31)26-17-9-4-10-18-26/h3-22,29-31H,2,23-24H2,1H3/t29-,30-/m1/s1. The maximum absolute atomic E-state index is 2.85. The number of likely N-dealkylation sites (N-methyl/N-ethyl adjacent to an activating group) is 1. The highest BCUT2D eigenvalue weighted by Crippen LogP contribution is 2.53. The highest BCUT2D eigenvalue weighted by Gasteiger charge is 2.43. The van der Waals surface area contributed by atoms with Crippen molar-refractivity contribution in [3.05, 3.63) is 132 Å². The first kappa shape index (κ1) is 22.1. The minimum Gasteiger partial charge on any atom is -0.271 e. The number of nitrogens with zero attached hydrogens (tertiary/aromatic N) is 1. The van der Waals surface area contributed by atoms with E-state index in [1.54, 1.807) is 0 Å². The van der Waals surface area contributed by atoms with Crippen LogP contribution in [0.15, 0.2) is 121 Å². The Morgan fingerprint density at radius 2 is 0.939 bits per heavy atom. The molecular formula is C31H32NP. The first-order valence-corrected chi connectivity index (χ1v) is 13.4. The lowest BCUT2D eigenvalue weighted by atomic mass is 9.87. The number of rotatable bonds is 7. The van der Waals surface area contributed by atoms with Crippen molar-refractivity contribution in [2.45, 2.75) is 37.6 Å². The number of benzene rings is 4. The zero-order valence-electron chi connectivity index (χ0n) is 19.3. The second-order valence-electron chi connectivity index (χ2n) is 8.84. The lowest BCUT2D eigenvalue weighted by Crippen LogP contribution is -2.41. The summed E-state index contributed by atoms with van der Waals surface area (Å²) in [4.78, 5) is 0. The fraction of sp³-hybridized carbons (Fsp3) is 0.226. The van der Waals surface area contributed by atoms with Crippen LogP contribution in [-0.4, -0.2) is 17.3 Å². The van der Waals surface area contributed by atoms with E-state index in [9.17, 15) is 0 Å². The molecule has 1 aliphatic carbocycles. The molecule has 0 bridgehead atoms. The summed E-state index contributed by atoms with van der Waals surface area (Å²) in [5.74, 6) is 1.07. The van der Waals surface area contributed by atoms with E-state index in [-0.39, 0.29) is 0 Å². The maximum Gasteiger partial charge on any atom is 0.0284 e. The average Bonchev–Trinajstić information content (AvgIpc) is 3.34. The Kier molecular flexibility index (Phi) is 7.01. The van der Waals surface area contributed by atoms with Gasteiger partial charge in [0.1, 0.15) is 0 Å². The van der Waals surface area contributed by atoms with E-state index in [1.807, 2.05) is 0 Å². The molecule has 0 N–H and O–H groups in total. The van der Waals surface area contributed by atoms with Crippen LogP contribution in [0.4, 0.5) is 0 Å². The third-order valence-corrected chi connectivity index (χ3v) is 9.63.